The molecule has 39 heavy (non-hydrogen) atoms. The molecule has 0 bridgehead atoms. The summed E-state index contributed by atoms with van der Waals surface area (Å²) < 4.78 is 0. The molecule has 5 heteroatoms. The summed E-state index contributed by atoms with van der Waals surface area (Å²) >= 11 is 5.21. The molecule has 2 heterocycles. The highest BCUT2D eigenvalue weighted by Crippen LogP contribution is 2.35. The average Bonchev–Trinajstić information content (AvgIpc) is 2.92. The molecule has 6 aromatic rings. The van der Waals surface area contributed by atoms with Crippen LogP contribution in [0.15, 0.2) is 127 Å². The highest BCUT2D eigenvalue weighted by Gasteiger charge is 2.09. The molecule has 2 nitrogen and oxygen atoms in total. The van der Waals surface area contributed by atoms with Crippen molar-refractivity contribution in [3.05, 3.63) is 119 Å². The van der Waals surface area contributed by atoms with Gasteiger partial charge in [0.05, 0.1) is 11.0 Å². The molecule has 0 spiro atoms. The van der Waals surface area contributed by atoms with Crippen molar-refractivity contribution in [1.29, 1.82) is 0 Å². The second-order valence-corrected chi connectivity index (χ2v) is 13.1. The van der Waals surface area contributed by atoms with Crippen LogP contribution in [-0.2, 0) is 0 Å². The Labute approximate surface area is 242 Å². The number of aryl methyl sites for hydroxylation is 4. The lowest BCUT2D eigenvalue weighted by molar-refractivity contribution is 1.15. The van der Waals surface area contributed by atoms with Gasteiger partial charge in [0, 0.05) is 30.4 Å². The molecule has 0 radical (unpaired) electrons. The highest BCUT2D eigenvalue weighted by molar-refractivity contribution is 8.00. The molecule has 0 N–H and O–H groups in total. The second kappa shape index (κ2) is 11.1. The highest BCUT2D eigenvalue weighted by atomic mass is 32.2. The number of pyridine rings is 2. The van der Waals surface area contributed by atoms with E-state index in [2.05, 4.69) is 125 Å². The minimum atomic E-state index is 1.04. The Hall–Kier alpha value is -3.25. The Morgan fingerprint density at radius 3 is 1.15 bits per heavy atom. The van der Waals surface area contributed by atoms with Gasteiger partial charge in [0.1, 0.15) is 10.1 Å². The summed E-state index contributed by atoms with van der Waals surface area (Å²) in [5, 5.41) is 4.53. The van der Waals surface area contributed by atoms with Crippen molar-refractivity contribution in [1.82, 2.24) is 9.97 Å². The zero-order valence-corrected chi connectivity index (χ0v) is 24.8. The summed E-state index contributed by atoms with van der Waals surface area (Å²) in [4.78, 5) is 14.7. The average molecular weight is 561 g/mol. The number of rotatable bonds is 6. The quantitative estimate of drug-likeness (QED) is 0.202. The van der Waals surface area contributed by atoms with Crippen LogP contribution < -0.4 is 0 Å². The van der Waals surface area contributed by atoms with E-state index >= 15 is 0 Å². The first-order valence-electron chi connectivity index (χ1n) is 12.9. The molecular weight excluding hydrogens is 533 g/mol. The third kappa shape index (κ3) is 5.72. The molecule has 4 aromatic carbocycles. The van der Waals surface area contributed by atoms with Gasteiger partial charge in [-0.05, 0) is 111 Å². The van der Waals surface area contributed by atoms with E-state index in [9.17, 15) is 0 Å². The topological polar surface area (TPSA) is 25.8 Å². The number of hydrogen-bond acceptors (Lipinski definition) is 5. The molecule has 6 rings (SSSR count). The van der Waals surface area contributed by atoms with Gasteiger partial charge in [-0.25, -0.2) is 9.97 Å². The van der Waals surface area contributed by atoms with E-state index in [0.29, 0.717) is 0 Å². The van der Waals surface area contributed by atoms with Crippen LogP contribution in [0, 0.1) is 27.7 Å². The van der Waals surface area contributed by atoms with Gasteiger partial charge >= 0.3 is 0 Å². The maximum Gasteiger partial charge on any atom is 0.102 e. The summed E-state index contributed by atoms with van der Waals surface area (Å²) in [5.74, 6) is 0. The lowest BCUT2D eigenvalue weighted by atomic mass is 10.1. The van der Waals surface area contributed by atoms with Crippen molar-refractivity contribution in [2.45, 2.75) is 57.3 Å². The zero-order valence-electron chi connectivity index (χ0n) is 22.4. The van der Waals surface area contributed by atoms with Crippen LogP contribution in [0.5, 0.6) is 0 Å². The number of benzene rings is 4. The fraction of sp³-hybridized carbons (Fsp3) is 0.118. The van der Waals surface area contributed by atoms with Crippen molar-refractivity contribution in [2.24, 2.45) is 0 Å². The van der Waals surface area contributed by atoms with Gasteiger partial charge in [0.2, 0.25) is 0 Å². The second-order valence-electron chi connectivity index (χ2n) is 9.75. The molecule has 0 unspecified atom stereocenters. The fourth-order valence-corrected chi connectivity index (χ4v) is 7.28. The standard InChI is InChI=1S/C34H28N2S3/c1-21-7-5-9-29-23(3)19-31(35-33(21)29)38-27-15-11-25(12-16-27)37-26-13-17-28(18-14-26)39-32-20-24(4)30-10-6-8-22(2)34(30)36-32/h5-20H,1-4H3. The summed E-state index contributed by atoms with van der Waals surface area (Å²) in [6, 6.07) is 34.7. The first kappa shape index (κ1) is 26.0. The monoisotopic (exact) mass is 560 g/mol. The zero-order chi connectivity index (χ0) is 26.9. The predicted octanol–water partition coefficient (Wildman–Crippen LogP) is 10.5. The Morgan fingerprint density at radius 1 is 0.410 bits per heavy atom. The molecule has 2 aromatic heterocycles. The summed E-state index contributed by atoms with van der Waals surface area (Å²) in [7, 11) is 0. The maximum absolute atomic E-state index is 4.93. The predicted molar refractivity (Wildman–Crippen MR) is 168 cm³/mol. The molecule has 0 aliphatic heterocycles. The van der Waals surface area contributed by atoms with Crippen LogP contribution in [0.2, 0.25) is 0 Å². The van der Waals surface area contributed by atoms with Gasteiger partial charge in [-0.3, -0.25) is 0 Å². The van der Waals surface area contributed by atoms with Crippen molar-refractivity contribution in [3.8, 4) is 0 Å². The van der Waals surface area contributed by atoms with Gasteiger partial charge in [-0.15, -0.1) is 0 Å². The first-order chi connectivity index (χ1) is 18.9. The van der Waals surface area contributed by atoms with Gasteiger partial charge in [0.25, 0.3) is 0 Å². The lowest BCUT2D eigenvalue weighted by Gasteiger charge is -2.09. The first-order valence-corrected chi connectivity index (χ1v) is 15.4. The molecule has 0 atom stereocenters. The largest absolute Gasteiger partial charge is 0.241 e. The summed E-state index contributed by atoms with van der Waals surface area (Å²) in [5.41, 5.74) is 7.15. The number of hydrogen-bond donors (Lipinski definition) is 0. The van der Waals surface area contributed by atoms with Crippen molar-refractivity contribution >= 4 is 57.1 Å². The van der Waals surface area contributed by atoms with Crippen LogP contribution in [0.25, 0.3) is 21.8 Å². The van der Waals surface area contributed by atoms with Gasteiger partial charge in [-0.1, -0.05) is 71.7 Å². The minimum absolute atomic E-state index is 1.04. The van der Waals surface area contributed by atoms with E-state index in [0.717, 1.165) is 21.1 Å². The van der Waals surface area contributed by atoms with E-state index in [4.69, 9.17) is 9.97 Å². The fourth-order valence-electron chi connectivity index (χ4n) is 4.70. The molecule has 0 amide bonds. The van der Waals surface area contributed by atoms with Gasteiger partial charge < -0.3 is 0 Å². The molecule has 0 saturated heterocycles. The van der Waals surface area contributed by atoms with E-state index in [1.165, 1.54) is 52.6 Å². The van der Waals surface area contributed by atoms with E-state index in [-0.39, 0.29) is 0 Å². The number of nitrogens with zero attached hydrogens (tertiary/aromatic N) is 2. The third-order valence-electron chi connectivity index (χ3n) is 6.78. The minimum Gasteiger partial charge on any atom is -0.241 e. The molecule has 0 saturated carbocycles. The number of para-hydroxylation sites is 2. The van der Waals surface area contributed by atoms with Crippen LogP contribution in [-0.4, -0.2) is 9.97 Å². The third-order valence-corrected chi connectivity index (χ3v) is 9.65. The smallest absolute Gasteiger partial charge is 0.102 e. The molecule has 0 aliphatic carbocycles. The molecule has 0 aliphatic rings. The van der Waals surface area contributed by atoms with Crippen LogP contribution >= 0.6 is 35.3 Å². The normalized spacial score (nSPS) is 11.4. The van der Waals surface area contributed by atoms with Gasteiger partial charge in [-0.2, -0.15) is 0 Å². The summed E-state index contributed by atoms with van der Waals surface area (Å²) in [6.45, 7) is 8.58. The molecule has 192 valence electrons. The Morgan fingerprint density at radius 2 is 0.769 bits per heavy atom. The van der Waals surface area contributed by atoms with Crippen LogP contribution in [0.4, 0.5) is 0 Å². The Kier molecular flexibility index (Phi) is 7.39. The van der Waals surface area contributed by atoms with E-state index in [1.54, 1.807) is 35.3 Å². The summed E-state index contributed by atoms with van der Waals surface area (Å²) in [6.07, 6.45) is 0. The molecular formula is C34H28N2S3. The van der Waals surface area contributed by atoms with Crippen molar-refractivity contribution in [3.63, 3.8) is 0 Å². The van der Waals surface area contributed by atoms with Crippen LogP contribution in [0.1, 0.15) is 22.3 Å². The number of fused-ring (bicyclic) bond motifs is 2. The SMILES string of the molecule is Cc1cc(Sc2ccc(Sc3ccc(Sc4cc(C)c5cccc(C)c5n4)cc3)cc2)nc2c(C)cccc12. The number of aromatic nitrogens is 2. The van der Waals surface area contributed by atoms with Gasteiger partial charge in [0.15, 0.2) is 0 Å². The molecule has 0 fully saturated rings. The van der Waals surface area contributed by atoms with Crippen molar-refractivity contribution in [2.75, 3.05) is 0 Å². The van der Waals surface area contributed by atoms with Crippen molar-refractivity contribution < 1.29 is 0 Å². The van der Waals surface area contributed by atoms with E-state index in [1.807, 2.05) is 0 Å². The van der Waals surface area contributed by atoms with Crippen LogP contribution in [0.3, 0.4) is 0 Å². The Balaban J connectivity index is 1.13. The maximum atomic E-state index is 4.93. The lowest BCUT2D eigenvalue weighted by Crippen LogP contribution is -1.89. The Bertz CT molecular complexity index is 1680. The van der Waals surface area contributed by atoms with E-state index < -0.39 is 0 Å².